The monoisotopic (exact) mass is 334 g/mol. The quantitative estimate of drug-likeness (QED) is 0.261. The molecule has 0 amide bonds. The van der Waals surface area contributed by atoms with Crippen molar-refractivity contribution < 1.29 is 0 Å². The number of rotatable bonds is 13. The second-order valence-corrected chi connectivity index (χ2v) is 12.1. The molecule has 0 saturated heterocycles. The fourth-order valence-corrected chi connectivity index (χ4v) is 9.29. The van der Waals surface area contributed by atoms with E-state index < -0.39 is 7.26 Å². The van der Waals surface area contributed by atoms with E-state index in [-0.39, 0.29) is 0 Å². The topological polar surface area (TPSA) is 0 Å². The summed E-state index contributed by atoms with van der Waals surface area (Å²) in [5.74, 6) is 0. The van der Waals surface area contributed by atoms with E-state index in [1.807, 2.05) is 6.08 Å². The maximum absolute atomic E-state index is 3.87. The summed E-state index contributed by atoms with van der Waals surface area (Å²) in [6, 6.07) is 9.20. The van der Waals surface area contributed by atoms with Gasteiger partial charge in [0.15, 0.2) is 0 Å². The molecule has 0 unspecified atom stereocenters. The summed E-state index contributed by atoms with van der Waals surface area (Å²) in [4.78, 5) is 0. The molecule has 0 aliphatic heterocycles. The first kappa shape index (κ1) is 20.4. The first-order chi connectivity index (χ1) is 11.2. The molecule has 0 fully saturated rings. The average Bonchev–Trinajstić information content (AvgIpc) is 2.59. The Morgan fingerprint density at radius 3 is 1.78 bits per heavy atom. The normalized spacial score (nSPS) is 12.3. The molecule has 0 aromatic heterocycles. The second kappa shape index (κ2) is 11.9. The van der Waals surface area contributed by atoms with Gasteiger partial charge in [-0.15, -0.1) is 0 Å². The number of unbranched alkanes of at least 4 members (excludes halogenated alkanes) is 4. The van der Waals surface area contributed by atoms with Gasteiger partial charge in [-0.3, -0.25) is 0 Å². The molecule has 0 atom stereocenters. The maximum atomic E-state index is 3.87. The Bertz CT molecular complexity index is 410. The molecule has 0 aliphatic rings. The molecule has 132 valence electrons. The fourth-order valence-electron chi connectivity index (χ4n) is 3.70. The Labute approximate surface area is 146 Å². The number of hydrogen-bond acceptors (Lipinski definition) is 0. The van der Waals surface area contributed by atoms with Crippen LogP contribution in [0.1, 0.15) is 76.8 Å². The molecule has 23 heavy (non-hydrogen) atoms. The van der Waals surface area contributed by atoms with Crippen molar-refractivity contribution >= 4 is 13.3 Å². The third-order valence-corrected chi connectivity index (χ3v) is 10.6. The predicted octanol–water partition coefficient (Wildman–Crippen LogP) is 7.37. The van der Waals surface area contributed by atoms with Gasteiger partial charge in [0.2, 0.25) is 0 Å². The molecule has 0 nitrogen and oxygen atoms in total. The Kier molecular flexibility index (Phi) is 10.5. The van der Waals surface area contributed by atoms with Crippen molar-refractivity contribution in [1.82, 2.24) is 0 Å². The van der Waals surface area contributed by atoms with Gasteiger partial charge < -0.3 is 0 Å². The summed E-state index contributed by atoms with van der Waals surface area (Å²) in [7, 11) is -1.17. The van der Waals surface area contributed by atoms with Crippen LogP contribution in [0.5, 0.6) is 0 Å². The number of benzene rings is 1. The van der Waals surface area contributed by atoms with Crippen LogP contribution in [0.4, 0.5) is 0 Å². The molecule has 0 saturated carbocycles. The molecule has 1 aromatic rings. The SMILES string of the molecule is C=Cc1ccc(C[PH](CCCC)(CCCC)CCCCC)cc1. The van der Waals surface area contributed by atoms with Crippen LogP contribution < -0.4 is 0 Å². The van der Waals surface area contributed by atoms with Crippen LogP contribution in [0.2, 0.25) is 0 Å². The van der Waals surface area contributed by atoms with Crippen LogP contribution in [0.3, 0.4) is 0 Å². The van der Waals surface area contributed by atoms with Crippen LogP contribution in [0.25, 0.3) is 6.08 Å². The van der Waals surface area contributed by atoms with Gasteiger partial charge in [-0.1, -0.05) is 0 Å². The molecule has 0 bridgehead atoms. The van der Waals surface area contributed by atoms with Crippen LogP contribution in [-0.2, 0) is 6.16 Å². The van der Waals surface area contributed by atoms with Gasteiger partial charge in [0.05, 0.1) is 0 Å². The van der Waals surface area contributed by atoms with Gasteiger partial charge in [0.1, 0.15) is 0 Å². The van der Waals surface area contributed by atoms with E-state index in [0.29, 0.717) is 0 Å². The standard InChI is InChI=1S/C22H39P/c1-5-9-12-19-23(17-10-6-2,18-11-7-3)20-22-15-13-21(8-4)14-16-22/h8,13-16,23H,4-7,9-12,17-20H2,1-3H3. The third-order valence-electron chi connectivity index (χ3n) is 5.23. The molecule has 0 radical (unpaired) electrons. The van der Waals surface area contributed by atoms with Crippen LogP contribution in [-0.4, -0.2) is 18.5 Å². The zero-order chi connectivity index (χ0) is 17.0. The fraction of sp³-hybridized carbons (Fsp3) is 0.636. The second-order valence-electron chi connectivity index (χ2n) is 7.29. The summed E-state index contributed by atoms with van der Waals surface area (Å²) < 4.78 is 0. The van der Waals surface area contributed by atoms with Crippen LogP contribution >= 0.6 is 7.26 Å². The Morgan fingerprint density at radius 1 is 0.783 bits per heavy atom. The molecular formula is C22H39P. The molecular weight excluding hydrogens is 295 g/mol. The Balaban J connectivity index is 2.88. The van der Waals surface area contributed by atoms with Crippen molar-refractivity contribution in [2.24, 2.45) is 0 Å². The van der Waals surface area contributed by atoms with Gasteiger partial charge >= 0.3 is 146 Å². The first-order valence-corrected chi connectivity index (χ1v) is 12.7. The Hall–Kier alpha value is -0.610. The van der Waals surface area contributed by atoms with Gasteiger partial charge in [-0.05, 0) is 0 Å². The van der Waals surface area contributed by atoms with Gasteiger partial charge in [-0.2, -0.15) is 0 Å². The van der Waals surface area contributed by atoms with E-state index in [1.54, 1.807) is 11.7 Å². The van der Waals surface area contributed by atoms with E-state index in [9.17, 15) is 0 Å². The molecule has 0 N–H and O–H groups in total. The van der Waals surface area contributed by atoms with Crippen molar-refractivity contribution in [3.8, 4) is 0 Å². The Morgan fingerprint density at radius 2 is 1.30 bits per heavy atom. The van der Waals surface area contributed by atoms with E-state index in [1.165, 1.54) is 69.0 Å². The van der Waals surface area contributed by atoms with E-state index in [2.05, 4.69) is 51.6 Å². The van der Waals surface area contributed by atoms with E-state index in [0.717, 1.165) is 0 Å². The zero-order valence-corrected chi connectivity index (χ0v) is 16.9. The predicted molar refractivity (Wildman–Crippen MR) is 112 cm³/mol. The van der Waals surface area contributed by atoms with Gasteiger partial charge in [0, 0.05) is 0 Å². The summed E-state index contributed by atoms with van der Waals surface area (Å²) in [6.45, 7) is 10.9. The minimum atomic E-state index is -1.17. The third kappa shape index (κ3) is 7.67. The zero-order valence-electron chi connectivity index (χ0n) is 15.9. The number of hydrogen-bond donors (Lipinski definition) is 0. The molecule has 1 heteroatoms. The van der Waals surface area contributed by atoms with Gasteiger partial charge in [-0.25, -0.2) is 0 Å². The van der Waals surface area contributed by atoms with E-state index in [4.69, 9.17) is 0 Å². The van der Waals surface area contributed by atoms with Crippen molar-refractivity contribution in [3.63, 3.8) is 0 Å². The molecule has 1 rings (SSSR count). The van der Waals surface area contributed by atoms with Crippen LogP contribution in [0.15, 0.2) is 30.8 Å². The van der Waals surface area contributed by atoms with Crippen LogP contribution in [0, 0.1) is 0 Å². The minimum absolute atomic E-state index is 1.17. The summed E-state index contributed by atoms with van der Waals surface area (Å²) in [5.41, 5.74) is 2.82. The van der Waals surface area contributed by atoms with Gasteiger partial charge in [0.25, 0.3) is 0 Å². The molecule has 0 spiro atoms. The van der Waals surface area contributed by atoms with Crippen molar-refractivity contribution in [1.29, 1.82) is 0 Å². The molecule has 1 aromatic carbocycles. The van der Waals surface area contributed by atoms with Crippen molar-refractivity contribution in [2.75, 3.05) is 18.5 Å². The first-order valence-electron chi connectivity index (χ1n) is 9.91. The summed E-state index contributed by atoms with van der Waals surface area (Å²) in [5, 5.41) is 0. The van der Waals surface area contributed by atoms with Crippen molar-refractivity contribution in [3.05, 3.63) is 42.0 Å². The average molecular weight is 335 g/mol. The van der Waals surface area contributed by atoms with E-state index >= 15 is 0 Å². The summed E-state index contributed by atoms with van der Waals surface area (Å²) in [6.07, 6.45) is 17.8. The van der Waals surface area contributed by atoms with Crippen molar-refractivity contribution in [2.45, 2.75) is 71.9 Å². The molecule has 0 heterocycles. The molecule has 0 aliphatic carbocycles. The summed E-state index contributed by atoms with van der Waals surface area (Å²) >= 11 is 0.